The number of hydrogen-bond acceptors (Lipinski definition) is 4. The van der Waals surface area contributed by atoms with Gasteiger partial charge >= 0.3 is 25.0 Å². The summed E-state index contributed by atoms with van der Waals surface area (Å²) in [5.74, 6) is -0.517. The summed E-state index contributed by atoms with van der Waals surface area (Å²) in [5.41, 5.74) is -0.277. The largest absolute Gasteiger partial charge is 1.00 e. The van der Waals surface area contributed by atoms with Crippen molar-refractivity contribution >= 4 is 27.8 Å². The van der Waals surface area contributed by atoms with Crippen molar-refractivity contribution in [2.45, 2.75) is 57.7 Å². The smallest absolute Gasteiger partial charge is 1.00 e. The van der Waals surface area contributed by atoms with Gasteiger partial charge in [0, 0.05) is 24.6 Å². The van der Waals surface area contributed by atoms with Gasteiger partial charge in [0.1, 0.15) is 10.2 Å². The molecule has 1 saturated carbocycles. The zero-order valence-corrected chi connectivity index (χ0v) is 17.6. The van der Waals surface area contributed by atoms with E-state index in [4.69, 9.17) is 4.74 Å². The van der Waals surface area contributed by atoms with E-state index >= 15 is 0 Å². The number of carbonyl (C=O) groups excluding carboxylic acids is 2. The Labute approximate surface area is 179 Å². The van der Waals surface area contributed by atoms with E-state index < -0.39 is 23.6 Å². The minimum Gasteiger partial charge on any atom is -1.00 e. The topological polar surface area (TPSA) is 59.5 Å². The van der Waals surface area contributed by atoms with Crippen LogP contribution in [-0.4, -0.2) is 39.4 Å². The molecule has 5 nitrogen and oxygen atoms in total. The van der Waals surface area contributed by atoms with Crippen LogP contribution in [0.4, 0.5) is 9.18 Å². The van der Waals surface area contributed by atoms with Crippen LogP contribution >= 0.6 is 15.9 Å². The minimum atomic E-state index is -0.679. The first-order valence-electron chi connectivity index (χ1n) is 8.01. The molecule has 3 heterocycles. The van der Waals surface area contributed by atoms with Gasteiger partial charge in [-0.25, -0.2) is 14.2 Å². The third-order valence-electron chi connectivity index (χ3n) is 4.52. The van der Waals surface area contributed by atoms with Crippen molar-refractivity contribution in [2.24, 2.45) is 5.92 Å². The molecule has 1 amide bonds. The van der Waals surface area contributed by atoms with Crippen molar-refractivity contribution in [1.82, 2.24) is 9.88 Å². The molecule has 1 aromatic rings. The summed E-state index contributed by atoms with van der Waals surface area (Å²) in [7, 11) is 0. The fraction of sp³-hybridized carbons (Fsp3) is 0.588. The molecule has 4 rings (SSSR count). The number of aromatic nitrogens is 1. The SMILES string of the molecule is CC(C)(C)OC(=O)N1C2CC(C2)C(=O)C1Cc1ccnc(Br)c1F.[Cl-].[Li+]. The standard InChI is InChI=1S/C17H20BrFN2O3.ClH.Li/c1-17(2,3)24-16(23)21-11-6-10(7-11)14(22)12(21)8-9-4-5-20-15(18)13(9)19;;/h4-5,10-12H,6-8H2,1-3H3;1H;/q;;+1/p-1. The molecule has 0 radical (unpaired) electrons. The third kappa shape index (κ3) is 4.62. The molecular weight excluding hydrogens is 421 g/mol. The van der Waals surface area contributed by atoms with Gasteiger partial charge in [-0.2, -0.15) is 0 Å². The second kappa shape index (κ2) is 8.60. The fourth-order valence-corrected chi connectivity index (χ4v) is 3.69. The van der Waals surface area contributed by atoms with Gasteiger partial charge in [-0.15, -0.1) is 0 Å². The molecule has 3 aliphatic rings. The van der Waals surface area contributed by atoms with E-state index in [1.165, 1.54) is 11.1 Å². The monoisotopic (exact) mass is 440 g/mol. The van der Waals surface area contributed by atoms with Crippen LogP contribution in [0.3, 0.4) is 0 Å². The van der Waals surface area contributed by atoms with E-state index in [1.54, 1.807) is 26.8 Å². The minimum absolute atomic E-state index is 0. The Hall–Kier alpha value is -0.613. The van der Waals surface area contributed by atoms with Crippen molar-refractivity contribution < 1.29 is 50.0 Å². The molecule has 0 N–H and O–H groups in total. The number of hydrogen-bond donors (Lipinski definition) is 0. The second-order valence-corrected chi connectivity index (χ2v) is 8.16. The number of fused-ring (bicyclic) bond motifs is 2. The first-order chi connectivity index (χ1) is 11.2. The number of amides is 1. The maximum atomic E-state index is 14.2. The molecule has 1 aromatic heterocycles. The van der Waals surface area contributed by atoms with E-state index in [0.717, 1.165) is 0 Å². The van der Waals surface area contributed by atoms with Gasteiger partial charge in [-0.05, 0) is 61.2 Å². The van der Waals surface area contributed by atoms with Gasteiger partial charge in [-0.1, -0.05) is 0 Å². The van der Waals surface area contributed by atoms with Crippen LogP contribution in [0.2, 0.25) is 0 Å². The average molecular weight is 442 g/mol. The first kappa shape index (κ1) is 23.4. The molecular formula is C17H20BrClFLiN2O3. The maximum absolute atomic E-state index is 14.2. The Bertz CT molecular complexity index is 695. The van der Waals surface area contributed by atoms with Gasteiger partial charge in [0.05, 0.1) is 6.04 Å². The Morgan fingerprint density at radius 2 is 2.04 bits per heavy atom. The molecule has 1 aliphatic carbocycles. The first-order valence-corrected chi connectivity index (χ1v) is 8.80. The van der Waals surface area contributed by atoms with Gasteiger partial charge in [0.2, 0.25) is 0 Å². The fourth-order valence-electron chi connectivity index (χ4n) is 3.32. The van der Waals surface area contributed by atoms with Crippen LogP contribution in [-0.2, 0) is 16.0 Å². The van der Waals surface area contributed by atoms with Crippen LogP contribution in [0.15, 0.2) is 16.9 Å². The molecule has 26 heavy (non-hydrogen) atoms. The van der Waals surface area contributed by atoms with Gasteiger partial charge in [0.15, 0.2) is 11.6 Å². The van der Waals surface area contributed by atoms with Crippen molar-refractivity contribution in [3.63, 3.8) is 0 Å². The predicted octanol–water partition coefficient (Wildman–Crippen LogP) is -2.50. The number of ether oxygens (including phenoxy) is 1. The summed E-state index contributed by atoms with van der Waals surface area (Å²) in [6.45, 7) is 5.36. The summed E-state index contributed by atoms with van der Waals surface area (Å²) >= 11 is 3.05. The zero-order chi connectivity index (χ0) is 17.6. The molecule has 1 atom stereocenters. The van der Waals surface area contributed by atoms with E-state index in [1.807, 2.05) is 0 Å². The molecule has 0 spiro atoms. The molecule has 2 aliphatic heterocycles. The number of nitrogens with zero attached hydrogens (tertiary/aromatic N) is 2. The summed E-state index contributed by atoms with van der Waals surface area (Å²) < 4.78 is 19.8. The van der Waals surface area contributed by atoms with Crippen LogP contribution < -0.4 is 31.3 Å². The Morgan fingerprint density at radius 1 is 1.42 bits per heavy atom. The normalized spacial score (nSPS) is 24.1. The molecule has 2 bridgehead atoms. The Balaban J connectivity index is 0.00000169. The van der Waals surface area contributed by atoms with Gasteiger partial charge < -0.3 is 17.1 Å². The third-order valence-corrected chi connectivity index (χ3v) is 5.07. The molecule has 138 valence electrons. The molecule has 3 fully saturated rings. The molecule has 2 saturated heterocycles. The number of piperidine rings is 2. The quantitative estimate of drug-likeness (QED) is 0.376. The van der Waals surface area contributed by atoms with Crippen LogP contribution in [0.5, 0.6) is 0 Å². The molecule has 0 aromatic carbocycles. The number of halogens is 3. The van der Waals surface area contributed by atoms with E-state index in [2.05, 4.69) is 20.9 Å². The molecule has 9 heteroatoms. The number of pyridine rings is 1. The van der Waals surface area contributed by atoms with Crippen molar-refractivity contribution in [3.8, 4) is 0 Å². The summed E-state index contributed by atoms with van der Waals surface area (Å²) in [4.78, 5) is 30.6. The Kier molecular flexibility index (Phi) is 7.75. The number of ketones is 1. The number of Topliss-reactive ketones (excluding diaryl/α,β-unsaturated/α-hetero) is 1. The summed E-state index contributed by atoms with van der Waals surface area (Å²) in [5, 5.41) is 0. The van der Waals surface area contributed by atoms with Crippen LogP contribution in [0.25, 0.3) is 0 Å². The predicted molar refractivity (Wildman–Crippen MR) is 89.0 cm³/mol. The van der Waals surface area contributed by atoms with Crippen LogP contribution in [0.1, 0.15) is 39.2 Å². The van der Waals surface area contributed by atoms with E-state index in [0.29, 0.717) is 18.4 Å². The van der Waals surface area contributed by atoms with Crippen molar-refractivity contribution in [1.29, 1.82) is 0 Å². The Morgan fingerprint density at radius 3 is 2.62 bits per heavy atom. The molecule has 1 unspecified atom stereocenters. The van der Waals surface area contributed by atoms with Crippen LogP contribution in [0, 0.1) is 11.7 Å². The number of rotatable bonds is 2. The van der Waals surface area contributed by atoms with Crippen molar-refractivity contribution in [2.75, 3.05) is 0 Å². The number of carbonyl (C=O) groups is 2. The average Bonchev–Trinajstić information content (AvgIpc) is 2.42. The van der Waals surface area contributed by atoms with E-state index in [9.17, 15) is 14.0 Å². The summed E-state index contributed by atoms with van der Waals surface area (Å²) in [6, 6.07) is 0.864. The van der Waals surface area contributed by atoms with Gasteiger partial charge in [-0.3, -0.25) is 9.69 Å². The van der Waals surface area contributed by atoms with Gasteiger partial charge in [0.25, 0.3) is 0 Å². The maximum Gasteiger partial charge on any atom is 1.00 e. The zero-order valence-electron chi connectivity index (χ0n) is 15.3. The summed E-state index contributed by atoms with van der Waals surface area (Å²) in [6.07, 6.45) is 2.47. The van der Waals surface area contributed by atoms with E-state index in [-0.39, 0.29) is 60.0 Å². The second-order valence-electron chi connectivity index (χ2n) is 7.41. The van der Waals surface area contributed by atoms with Crippen molar-refractivity contribution in [3.05, 3.63) is 28.2 Å².